The summed E-state index contributed by atoms with van der Waals surface area (Å²) in [7, 11) is 3.00. The minimum Gasteiger partial charge on any atom is -1.00 e. The molecule has 0 bridgehead atoms. The van der Waals surface area contributed by atoms with Gasteiger partial charge in [0, 0.05) is 38.4 Å². The van der Waals surface area contributed by atoms with Gasteiger partial charge in [0.1, 0.15) is 0 Å². The summed E-state index contributed by atoms with van der Waals surface area (Å²) >= 11 is 7.33. The Balaban J connectivity index is -0.00000000500. The van der Waals surface area contributed by atoms with Crippen LogP contribution < -0.4 is 0 Å². The summed E-state index contributed by atoms with van der Waals surface area (Å²) in [6.07, 6.45) is 0. The molecule has 0 aromatic heterocycles. The number of hydrogen-bond acceptors (Lipinski definition) is 8. The van der Waals surface area contributed by atoms with Gasteiger partial charge in [0.15, 0.2) is 0 Å². The van der Waals surface area contributed by atoms with E-state index in [0.29, 0.717) is 0 Å². The Kier molecular flexibility index (Phi) is 36900. The van der Waals surface area contributed by atoms with Crippen molar-refractivity contribution < 1.29 is 63.8 Å². The van der Waals surface area contributed by atoms with E-state index in [1.165, 1.54) is 0 Å². The predicted molar refractivity (Wildman–Crippen MR) is 59.4 cm³/mol. The van der Waals surface area contributed by atoms with E-state index in [4.69, 9.17) is 29.7 Å². The molecule has 0 amide bonds. The maximum atomic E-state index is 7.75. The smallest absolute Gasteiger partial charge is 1.00 e. The van der Waals surface area contributed by atoms with Gasteiger partial charge in [-0.1, -0.05) is 0 Å². The summed E-state index contributed by atoms with van der Waals surface area (Å²) in [6, 6.07) is 0. The van der Waals surface area contributed by atoms with Crippen LogP contribution in [0.2, 0.25) is 0 Å². The van der Waals surface area contributed by atoms with Crippen molar-refractivity contribution in [3.8, 4) is 0 Å². The summed E-state index contributed by atoms with van der Waals surface area (Å²) in [6.45, 7) is 9.75. The molecule has 0 saturated heterocycles. The fourth-order valence-corrected chi connectivity index (χ4v) is 0. The van der Waals surface area contributed by atoms with Gasteiger partial charge < -0.3 is 53.0 Å². The molecule has 10 heteroatoms. The van der Waals surface area contributed by atoms with Crippen molar-refractivity contribution in [2.75, 3.05) is 21.3 Å². The second kappa shape index (κ2) is 8450. The molecule has 0 spiro atoms. The van der Waals surface area contributed by atoms with Crippen LogP contribution in [0.1, 0.15) is 0 Å². The van der Waals surface area contributed by atoms with Crippen molar-refractivity contribution in [2.24, 2.45) is 0 Å². The number of hydrogen-bond donors (Lipinski definition) is 3. The molecule has 0 rings (SSSR count). The third-order valence-electron chi connectivity index (χ3n) is 0. The normalized spacial score (nSPS) is 2.25. The van der Waals surface area contributed by atoms with Gasteiger partial charge >= 0.3 is 17.1 Å². The van der Waals surface area contributed by atoms with Crippen LogP contribution in [0.4, 0.5) is 0 Å². The maximum absolute atomic E-state index is 7.75. The van der Waals surface area contributed by atoms with Crippen LogP contribution in [-0.2, 0) is 71.8 Å². The average molecular weight is 359 g/mol. The molecule has 0 atom stereocenters. The third kappa shape index (κ3) is 6870. The van der Waals surface area contributed by atoms with Crippen molar-refractivity contribution in [3.63, 3.8) is 0 Å². The first-order valence-electron chi connectivity index (χ1n) is 2.22. The average Bonchev–Trinajstić information content (AvgIpc) is 2.45. The van der Waals surface area contributed by atoms with E-state index in [2.05, 4.69) is 43.7 Å². The fourth-order valence-electron chi connectivity index (χ4n) is 0. The second-order valence-electron chi connectivity index (χ2n) is 0. The van der Waals surface area contributed by atoms with Crippen LogP contribution in [0, 0.1) is 0 Å². The Labute approximate surface area is 128 Å². The van der Waals surface area contributed by atoms with E-state index < -0.39 is 0 Å². The predicted octanol–water partition coefficient (Wildman–Crippen LogP) is -2.01. The van der Waals surface area contributed by atoms with Gasteiger partial charge in [-0.3, -0.25) is 20.4 Å². The topological polar surface area (TPSA) is 112 Å². The van der Waals surface area contributed by atoms with Crippen LogP contribution in [0.15, 0.2) is 0 Å². The molecule has 0 saturated carbocycles. The Hall–Kier alpha value is 0.629. The third-order valence-corrected chi connectivity index (χ3v) is 0. The van der Waals surface area contributed by atoms with E-state index in [0.717, 1.165) is 21.3 Å². The summed E-state index contributed by atoms with van der Waals surface area (Å²) in [5.41, 5.74) is 0. The first kappa shape index (κ1) is 69.8. The summed E-state index contributed by atoms with van der Waals surface area (Å²) in [5.74, 6) is 0. The standard InChI is InChI=1S/3CH4O.3CHO.2Fe.S2/c6*1-2;;;1-2/h3*2H,1H3;3*1H;;;/q;;;3*-1;;+3;-2. The van der Waals surface area contributed by atoms with Crippen molar-refractivity contribution in [1.29, 1.82) is 0 Å². The Morgan fingerprint density at radius 1 is 0.625 bits per heavy atom. The summed E-state index contributed by atoms with van der Waals surface area (Å²) in [5, 5.41) is 21.0. The van der Waals surface area contributed by atoms with Gasteiger partial charge in [-0.05, 0) is 0 Å². The van der Waals surface area contributed by atoms with Gasteiger partial charge in [-0.15, -0.1) is 0 Å². The molecule has 1 radical (unpaired) electrons. The Bertz CT molecular complexity index is 33.7. The zero-order valence-electron chi connectivity index (χ0n) is 8.82. The SMILES string of the molecule is CO.CO.CO.[CH-]=O.[CH-]=O.[CH-]=O.[Fe+3].[Fe].[S-][S-]. The van der Waals surface area contributed by atoms with Crippen LogP contribution >= 0.6 is 0 Å². The number of aliphatic hydroxyl groups is 3. The molecular weight excluding hydrogens is 344 g/mol. The van der Waals surface area contributed by atoms with Gasteiger partial charge in [-0.2, -0.15) is 0 Å². The van der Waals surface area contributed by atoms with Gasteiger partial charge in [0.05, 0.1) is 0 Å². The first-order chi connectivity index (χ1) is 7.00. The van der Waals surface area contributed by atoms with E-state index in [9.17, 15) is 0 Å². The Morgan fingerprint density at radius 2 is 0.625 bits per heavy atom. The molecule has 3 N–H and O–H groups in total. The molecule has 0 unspecified atom stereocenters. The first-order valence-corrected chi connectivity index (χ1v) is 3.55. The zero-order valence-corrected chi connectivity index (χ0v) is 12.7. The van der Waals surface area contributed by atoms with Crippen molar-refractivity contribution in [3.05, 3.63) is 0 Å². The monoisotopic (exact) mass is 359 g/mol. The number of rotatable bonds is 0. The molecule has 105 valence electrons. The molecule has 6 nitrogen and oxygen atoms in total. The van der Waals surface area contributed by atoms with Crippen molar-refractivity contribution in [2.45, 2.75) is 0 Å². The molecule has 0 fully saturated rings. The Morgan fingerprint density at radius 3 is 0.625 bits per heavy atom. The minimum atomic E-state index is 0. The quantitative estimate of drug-likeness (QED) is 0.150. The molecule has 16 heavy (non-hydrogen) atoms. The van der Waals surface area contributed by atoms with Crippen molar-refractivity contribution >= 4 is 43.7 Å². The maximum Gasteiger partial charge on any atom is 3.00 e. The fraction of sp³-hybridized carbons (Fsp3) is 0.500. The zero-order chi connectivity index (χ0) is 14.0. The largest absolute Gasteiger partial charge is 3.00 e. The van der Waals surface area contributed by atoms with Crippen LogP contribution in [0.3, 0.4) is 0 Å². The molecular formula is C6H15Fe2O6S2-2. The van der Waals surface area contributed by atoms with E-state index >= 15 is 0 Å². The number of carbonyl (C=O) groups excluding carboxylic acids is 3. The summed E-state index contributed by atoms with van der Waals surface area (Å²) < 4.78 is 0. The van der Waals surface area contributed by atoms with Crippen LogP contribution in [0.5, 0.6) is 0 Å². The van der Waals surface area contributed by atoms with Gasteiger partial charge in [-0.25, -0.2) is 0 Å². The molecule has 0 aliphatic heterocycles. The van der Waals surface area contributed by atoms with Crippen LogP contribution in [0.25, 0.3) is 0 Å². The molecule has 0 aliphatic rings. The van der Waals surface area contributed by atoms with Gasteiger partial charge in [0.2, 0.25) is 0 Å². The minimum absolute atomic E-state index is 0. The van der Waals surface area contributed by atoms with Gasteiger partial charge in [0.25, 0.3) is 0 Å². The molecule has 0 aliphatic carbocycles. The van der Waals surface area contributed by atoms with E-state index in [1.54, 1.807) is 0 Å². The summed E-state index contributed by atoms with van der Waals surface area (Å²) in [4.78, 5) is 23.2. The van der Waals surface area contributed by atoms with E-state index in [-0.39, 0.29) is 34.1 Å². The van der Waals surface area contributed by atoms with Crippen molar-refractivity contribution in [1.82, 2.24) is 0 Å². The molecule has 0 aromatic rings. The molecule has 0 heterocycles. The van der Waals surface area contributed by atoms with Crippen LogP contribution in [-0.4, -0.2) is 57.0 Å². The second-order valence-corrected chi connectivity index (χ2v) is 0. The molecule has 0 aromatic carbocycles. The number of aliphatic hydroxyl groups excluding tert-OH is 3. The van der Waals surface area contributed by atoms with E-state index in [1.807, 2.05) is 0 Å².